The van der Waals surface area contributed by atoms with E-state index in [1.54, 1.807) is 13.1 Å². The van der Waals surface area contributed by atoms with Gasteiger partial charge in [0, 0.05) is 25.5 Å². The average molecular weight is 263 g/mol. The highest BCUT2D eigenvalue weighted by molar-refractivity contribution is 6.06. The van der Waals surface area contributed by atoms with Gasteiger partial charge in [-0.1, -0.05) is 0 Å². The third-order valence-electron chi connectivity index (χ3n) is 2.27. The number of likely N-dealkylation sites (N-methyl/N-ethyl adjacent to an activating group) is 1. The average Bonchev–Trinajstić information content (AvgIpc) is 2.39. The van der Waals surface area contributed by atoms with Gasteiger partial charge in [0.15, 0.2) is 0 Å². The number of hydrogen-bond donors (Lipinski definition) is 2. The molecule has 0 aliphatic heterocycles. The Morgan fingerprint density at radius 2 is 2.16 bits per heavy atom. The molecule has 1 aromatic rings. The van der Waals surface area contributed by atoms with Crippen LogP contribution in [0.2, 0.25) is 0 Å². The number of halogens is 1. The Bertz CT molecular complexity index is 506. The third kappa shape index (κ3) is 4.77. The van der Waals surface area contributed by atoms with E-state index >= 15 is 0 Å². The quantitative estimate of drug-likeness (QED) is 0.616. The Balaban J connectivity index is 2.75. The maximum atomic E-state index is 12.7. The second kappa shape index (κ2) is 7.13. The lowest BCUT2D eigenvalue weighted by molar-refractivity contribution is -0.112. The lowest BCUT2D eigenvalue weighted by atomic mass is 10.2. The second-order valence-electron chi connectivity index (χ2n) is 3.82. The maximum absolute atomic E-state index is 12.7. The Morgan fingerprint density at radius 3 is 2.68 bits per heavy atom. The summed E-state index contributed by atoms with van der Waals surface area (Å²) in [4.78, 5) is 13.3. The topological polar surface area (TPSA) is 76.4 Å². The summed E-state index contributed by atoms with van der Waals surface area (Å²) in [6.45, 7) is 0.236. The number of aliphatic hydroxyl groups is 1. The van der Waals surface area contributed by atoms with Crippen LogP contribution < -0.4 is 5.32 Å². The van der Waals surface area contributed by atoms with Crippen LogP contribution in [-0.2, 0) is 4.79 Å². The van der Waals surface area contributed by atoms with Crippen molar-refractivity contribution in [2.75, 3.05) is 25.5 Å². The van der Waals surface area contributed by atoms with Crippen LogP contribution in [0.3, 0.4) is 0 Å². The van der Waals surface area contributed by atoms with Crippen molar-refractivity contribution in [1.82, 2.24) is 4.90 Å². The largest absolute Gasteiger partial charge is 0.395 e. The van der Waals surface area contributed by atoms with E-state index in [0.717, 1.165) is 0 Å². The summed E-state index contributed by atoms with van der Waals surface area (Å²) in [5, 5.41) is 20.1. The molecule has 0 spiro atoms. The highest BCUT2D eigenvalue weighted by atomic mass is 19.1. The summed E-state index contributed by atoms with van der Waals surface area (Å²) >= 11 is 0. The molecule has 0 saturated heterocycles. The number of hydrogen-bond acceptors (Lipinski definition) is 4. The molecule has 0 bridgehead atoms. The minimum atomic E-state index is -0.584. The van der Waals surface area contributed by atoms with E-state index < -0.39 is 11.7 Å². The van der Waals surface area contributed by atoms with Gasteiger partial charge < -0.3 is 15.3 Å². The number of nitrogens with one attached hydrogen (secondary N) is 1. The lowest BCUT2D eigenvalue weighted by Gasteiger charge is -2.12. The van der Waals surface area contributed by atoms with Crippen molar-refractivity contribution in [3.05, 3.63) is 41.9 Å². The molecule has 0 unspecified atom stereocenters. The molecule has 0 radical (unpaired) electrons. The number of amides is 1. The van der Waals surface area contributed by atoms with E-state index in [4.69, 9.17) is 10.4 Å². The van der Waals surface area contributed by atoms with Gasteiger partial charge in [-0.15, -0.1) is 0 Å². The number of benzene rings is 1. The summed E-state index contributed by atoms with van der Waals surface area (Å²) in [5.74, 6) is -0.990. The van der Waals surface area contributed by atoms with Crippen molar-refractivity contribution in [3.63, 3.8) is 0 Å². The molecular formula is C13H14FN3O2. The fraction of sp³-hybridized carbons (Fsp3) is 0.231. The summed E-state index contributed by atoms with van der Waals surface area (Å²) in [6.07, 6.45) is 1.34. The summed E-state index contributed by atoms with van der Waals surface area (Å²) in [6, 6.07) is 7.00. The standard InChI is InChI=1S/C13H14FN3O2/c1-17(6-7-18)9-10(8-15)13(19)16-12-4-2-11(14)3-5-12/h2-5,9,18H,6-7H2,1H3,(H,16,19)/b10-9-. The van der Waals surface area contributed by atoms with E-state index in [9.17, 15) is 9.18 Å². The number of carbonyl (C=O) groups excluding carboxylic acids is 1. The number of nitrogens with zero attached hydrogens (tertiary/aromatic N) is 2. The van der Waals surface area contributed by atoms with E-state index in [-0.39, 0.29) is 12.2 Å². The van der Waals surface area contributed by atoms with Gasteiger partial charge in [0.2, 0.25) is 0 Å². The van der Waals surface area contributed by atoms with E-state index in [2.05, 4.69) is 5.32 Å². The van der Waals surface area contributed by atoms with Gasteiger partial charge in [-0.2, -0.15) is 5.26 Å². The fourth-order valence-corrected chi connectivity index (χ4v) is 1.31. The zero-order chi connectivity index (χ0) is 14.3. The number of rotatable bonds is 5. The van der Waals surface area contributed by atoms with Gasteiger partial charge in [0.1, 0.15) is 17.5 Å². The SMILES string of the molecule is CN(/C=C(/C#N)C(=O)Nc1ccc(F)cc1)CCO. The first-order valence-corrected chi connectivity index (χ1v) is 5.56. The molecule has 0 atom stereocenters. The Labute approximate surface area is 110 Å². The van der Waals surface area contributed by atoms with Crippen molar-refractivity contribution in [2.45, 2.75) is 0 Å². The fourth-order valence-electron chi connectivity index (χ4n) is 1.31. The van der Waals surface area contributed by atoms with Crippen molar-refractivity contribution < 1.29 is 14.3 Å². The van der Waals surface area contributed by atoms with E-state index in [1.165, 1.54) is 35.4 Å². The second-order valence-corrected chi connectivity index (χ2v) is 3.82. The summed E-state index contributed by atoms with van der Waals surface area (Å²) in [7, 11) is 1.64. The Hall–Kier alpha value is -2.39. The highest BCUT2D eigenvalue weighted by Gasteiger charge is 2.10. The van der Waals surface area contributed by atoms with Crippen LogP contribution in [0.5, 0.6) is 0 Å². The van der Waals surface area contributed by atoms with Crippen LogP contribution in [0, 0.1) is 17.1 Å². The first-order chi connectivity index (χ1) is 9.06. The van der Waals surface area contributed by atoms with Gasteiger partial charge in [-0.3, -0.25) is 4.79 Å². The molecule has 100 valence electrons. The highest BCUT2D eigenvalue weighted by Crippen LogP contribution is 2.09. The Morgan fingerprint density at radius 1 is 1.53 bits per heavy atom. The van der Waals surface area contributed by atoms with Crippen LogP contribution in [0.25, 0.3) is 0 Å². The molecule has 0 aliphatic carbocycles. The molecule has 0 saturated carbocycles. The Kier molecular flexibility index (Phi) is 5.51. The van der Waals surface area contributed by atoms with Crippen molar-refractivity contribution in [3.8, 4) is 6.07 Å². The molecular weight excluding hydrogens is 249 g/mol. The summed E-state index contributed by atoms with van der Waals surface area (Å²) < 4.78 is 12.7. The predicted octanol–water partition coefficient (Wildman–Crippen LogP) is 1.10. The van der Waals surface area contributed by atoms with Crippen molar-refractivity contribution in [2.24, 2.45) is 0 Å². The minimum Gasteiger partial charge on any atom is -0.395 e. The molecule has 2 N–H and O–H groups in total. The number of aliphatic hydroxyl groups excluding tert-OH is 1. The van der Waals surface area contributed by atoms with Gasteiger partial charge in [0.05, 0.1) is 6.61 Å². The first kappa shape index (κ1) is 14.7. The van der Waals surface area contributed by atoms with Crippen LogP contribution in [0.15, 0.2) is 36.0 Å². The van der Waals surface area contributed by atoms with Gasteiger partial charge in [0.25, 0.3) is 5.91 Å². The number of anilines is 1. The van der Waals surface area contributed by atoms with E-state index in [0.29, 0.717) is 12.2 Å². The predicted molar refractivity (Wildman–Crippen MR) is 68.4 cm³/mol. The van der Waals surface area contributed by atoms with Gasteiger partial charge in [-0.25, -0.2) is 4.39 Å². The smallest absolute Gasteiger partial charge is 0.267 e. The minimum absolute atomic E-state index is 0.0781. The van der Waals surface area contributed by atoms with Crippen molar-refractivity contribution in [1.29, 1.82) is 5.26 Å². The summed E-state index contributed by atoms with van der Waals surface area (Å²) in [5.41, 5.74) is 0.303. The molecule has 1 amide bonds. The molecule has 0 aromatic heterocycles. The van der Waals surface area contributed by atoms with Crippen LogP contribution in [0.4, 0.5) is 10.1 Å². The molecule has 6 heteroatoms. The van der Waals surface area contributed by atoms with Crippen LogP contribution in [0.1, 0.15) is 0 Å². The molecule has 0 heterocycles. The molecule has 0 aliphatic rings. The first-order valence-electron chi connectivity index (χ1n) is 5.56. The molecule has 1 aromatic carbocycles. The molecule has 5 nitrogen and oxygen atoms in total. The molecule has 0 fully saturated rings. The zero-order valence-electron chi connectivity index (χ0n) is 10.4. The van der Waals surface area contributed by atoms with Gasteiger partial charge in [-0.05, 0) is 24.3 Å². The third-order valence-corrected chi connectivity index (χ3v) is 2.27. The number of nitriles is 1. The molecule has 19 heavy (non-hydrogen) atoms. The van der Waals surface area contributed by atoms with Crippen LogP contribution >= 0.6 is 0 Å². The zero-order valence-corrected chi connectivity index (χ0v) is 10.4. The molecule has 1 rings (SSSR count). The normalized spacial score (nSPS) is 10.7. The lowest BCUT2D eigenvalue weighted by Crippen LogP contribution is -2.20. The van der Waals surface area contributed by atoms with E-state index in [1.807, 2.05) is 0 Å². The van der Waals surface area contributed by atoms with Crippen molar-refractivity contribution >= 4 is 11.6 Å². The maximum Gasteiger partial charge on any atom is 0.267 e. The monoisotopic (exact) mass is 263 g/mol. The van der Waals surface area contributed by atoms with Crippen LogP contribution in [-0.4, -0.2) is 36.1 Å². The van der Waals surface area contributed by atoms with Gasteiger partial charge >= 0.3 is 0 Å². The number of carbonyl (C=O) groups is 1.